The third-order valence-corrected chi connectivity index (χ3v) is 6.11. The Labute approximate surface area is 171 Å². The summed E-state index contributed by atoms with van der Waals surface area (Å²) in [5.74, 6) is -0.710. The van der Waals surface area contributed by atoms with E-state index in [1.54, 1.807) is 17.0 Å². The monoisotopic (exact) mass is 394 g/mol. The molecule has 2 heterocycles. The molecule has 2 aromatic rings. The highest BCUT2D eigenvalue weighted by atomic mass is 19.1. The number of hydrogen-bond donors (Lipinski definition) is 0. The minimum atomic E-state index is -0.493. The largest absolute Gasteiger partial charge is 0.339 e. The van der Waals surface area contributed by atoms with Gasteiger partial charge in [-0.2, -0.15) is 0 Å². The average Bonchev–Trinajstić information content (AvgIpc) is 2.95. The molecule has 1 saturated heterocycles. The molecule has 5 heteroatoms. The molecule has 0 spiro atoms. The van der Waals surface area contributed by atoms with Gasteiger partial charge < -0.3 is 9.80 Å². The van der Waals surface area contributed by atoms with E-state index >= 15 is 0 Å². The van der Waals surface area contributed by atoms with Crippen molar-refractivity contribution in [3.63, 3.8) is 0 Å². The number of carbonyl (C=O) groups is 2. The number of anilines is 1. The molecule has 152 valence electrons. The van der Waals surface area contributed by atoms with Crippen molar-refractivity contribution in [1.82, 2.24) is 4.90 Å². The van der Waals surface area contributed by atoms with Crippen LogP contribution in [-0.2, 0) is 11.2 Å². The molecule has 4 nitrogen and oxygen atoms in total. The van der Waals surface area contributed by atoms with E-state index in [9.17, 15) is 14.0 Å². The lowest BCUT2D eigenvalue weighted by atomic mass is 9.94. The lowest BCUT2D eigenvalue weighted by Gasteiger charge is -2.34. The Morgan fingerprint density at radius 2 is 1.76 bits per heavy atom. The molecule has 29 heavy (non-hydrogen) atoms. The molecule has 2 amide bonds. The van der Waals surface area contributed by atoms with Crippen LogP contribution in [0, 0.1) is 18.7 Å². The minimum absolute atomic E-state index is 0.0908. The van der Waals surface area contributed by atoms with E-state index in [1.807, 2.05) is 4.90 Å². The summed E-state index contributed by atoms with van der Waals surface area (Å²) in [6.45, 7) is 3.80. The zero-order chi connectivity index (χ0) is 20.4. The number of fused-ring (bicyclic) bond motifs is 1. The molecule has 0 atom stereocenters. The van der Waals surface area contributed by atoms with Gasteiger partial charge in [0.1, 0.15) is 5.82 Å². The minimum Gasteiger partial charge on any atom is -0.339 e. The Hall–Kier alpha value is -2.69. The number of rotatable bonds is 2. The van der Waals surface area contributed by atoms with Crippen molar-refractivity contribution in [3.8, 4) is 0 Å². The normalized spacial score (nSPS) is 17.6. The fourth-order valence-electron chi connectivity index (χ4n) is 4.47. The first-order valence-electron chi connectivity index (χ1n) is 10.5. The van der Waals surface area contributed by atoms with Gasteiger partial charge in [-0.3, -0.25) is 9.59 Å². The van der Waals surface area contributed by atoms with Crippen molar-refractivity contribution in [3.05, 3.63) is 65.0 Å². The van der Waals surface area contributed by atoms with Crippen LogP contribution in [0.4, 0.5) is 10.1 Å². The summed E-state index contributed by atoms with van der Waals surface area (Å²) in [6, 6.07) is 12.4. The lowest BCUT2D eigenvalue weighted by molar-refractivity contribution is -0.123. The molecular weight excluding hydrogens is 367 g/mol. The predicted octanol–water partition coefficient (Wildman–Crippen LogP) is 4.36. The van der Waals surface area contributed by atoms with Crippen LogP contribution in [0.5, 0.6) is 0 Å². The van der Waals surface area contributed by atoms with Crippen LogP contribution in [0.25, 0.3) is 0 Å². The number of benzene rings is 2. The maximum Gasteiger partial charge on any atom is 0.256 e. The van der Waals surface area contributed by atoms with Gasteiger partial charge in [-0.1, -0.05) is 29.8 Å². The molecule has 2 aliphatic rings. The van der Waals surface area contributed by atoms with Crippen LogP contribution >= 0.6 is 0 Å². The highest BCUT2D eigenvalue weighted by molar-refractivity contribution is 5.97. The number of carbonyl (C=O) groups excluding carboxylic acids is 2. The SMILES string of the molecule is Cc1ccc2c(c1)CCCCN2C(=O)C1CCN(C(=O)c2ccccc2F)CC1. The molecule has 2 aliphatic heterocycles. The first-order chi connectivity index (χ1) is 14.0. The summed E-state index contributed by atoms with van der Waals surface area (Å²) in [4.78, 5) is 29.6. The fraction of sp³-hybridized carbons (Fsp3) is 0.417. The Bertz CT molecular complexity index is 919. The summed E-state index contributed by atoms with van der Waals surface area (Å²) in [7, 11) is 0. The molecule has 2 aromatic carbocycles. The maximum atomic E-state index is 13.9. The van der Waals surface area contributed by atoms with Gasteiger partial charge in [0.25, 0.3) is 5.91 Å². The highest BCUT2D eigenvalue weighted by Gasteiger charge is 2.32. The molecule has 0 aromatic heterocycles. The molecule has 0 radical (unpaired) electrons. The van der Waals surface area contributed by atoms with E-state index in [2.05, 4.69) is 25.1 Å². The topological polar surface area (TPSA) is 40.6 Å². The van der Waals surface area contributed by atoms with Crippen LogP contribution in [0.3, 0.4) is 0 Å². The second kappa shape index (κ2) is 8.36. The lowest BCUT2D eigenvalue weighted by Crippen LogP contribution is -2.45. The van der Waals surface area contributed by atoms with Crippen LogP contribution in [0.15, 0.2) is 42.5 Å². The van der Waals surface area contributed by atoms with Crippen LogP contribution < -0.4 is 4.90 Å². The van der Waals surface area contributed by atoms with Crippen molar-refractivity contribution in [2.75, 3.05) is 24.5 Å². The summed E-state index contributed by atoms with van der Waals surface area (Å²) < 4.78 is 13.9. The third-order valence-electron chi connectivity index (χ3n) is 6.11. The standard InChI is InChI=1S/C24H27FN2O2/c1-17-9-10-22-19(16-17)6-4-5-13-27(22)23(28)18-11-14-26(15-12-18)24(29)20-7-2-3-8-21(20)25/h2-3,7-10,16,18H,4-6,11-15H2,1H3. The summed E-state index contributed by atoms with van der Waals surface area (Å²) in [6.07, 6.45) is 4.35. The zero-order valence-electron chi connectivity index (χ0n) is 16.9. The molecule has 1 fully saturated rings. The van der Waals surface area contributed by atoms with E-state index < -0.39 is 5.82 Å². The van der Waals surface area contributed by atoms with Crippen molar-refractivity contribution >= 4 is 17.5 Å². The molecule has 0 saturated carbocycles. The molecule has 0 bridgehead atoms. The van der Waals surface area contributed by atoms with Crippen molar-refractivity contribution in [2.24, 2.45) is 5.92 Å². The van der Waals surface area contributed by atoms with Crippen molar-refractivity contribution < 1.29 is 14.0 Å². The zero-order valence-corrected chi connectivity index (χ0v) is 16.9. The third kappa shape index (κ3) is 4.04. The van der Waals surface area contributed by atoms with E-state index in [0.717, 1.165) is 31.5 Å². The van der Waals surface area contributed by atoms with Crippen molar-refractivity contribution in [1.29, 1.82) is 0 Å². The van der Waals surface area contributed by atoms with Gasteiger partial charge in [0.2, 0.25) is 5.91 Å². The van der Waals surface area contributed by atoms with Gasteiger partial charge in [0, 0.05) is 31.2 Å². The first kappa shape index (κ1) is 19.6. The number of hydrogen-bond acceptors (Lipinski definition) is 2. The molecule has 0 unspecified atom stereocenters. The second-order valence-corrected chi connectivity index (χ2v) is 8.13. The second-order valence-electron chi connectivity index (χ2n) is 8.13. The smallest absolute Gasteiger partial charge is 0.256 e. The molecular formula is C24H27FN2O2. The van der Waals surface area contributed by atoms with Gasteiger partial charge >= 0.3 is 0 Å². The van der Waals surface area contributed by atoms with E-state index in [4.69, 9.17) is 0 Å². The molecule has 0 N–H and O–H groups in total. The average molecular weight is 394 g/mol. The molecule has 4 rings (SSSR count). The Balaban J connectivity index is 1.44. The number of aryl methyl sites for hydroxylation is 2. The number of piperidine rings is 1. The number of likely N-dealkylation sites (tertiary alicyclic amines) is 1. The Morgan fingerprint density at radius 3 is 2.52 bits per heavy atom. The Morgan fingerprint density at radius 1 is 1.00 bits per heavy atom. The summed E-state index contributed by atoms with van der Waals surface area (Å²) in [5, 5.41) is 0. The summed E-state index contributed by atoms with van der Waals surface area (Å²) in [5.41, 5.74) is 3.62. The van der Waals surface area contributed by atoms with E-state index in [-0.39, 0.29) is 23.3 Å². The van der Waals surface area contributed by atoms with Gasteiger partial charge in [-0.25, -0.2) is 4.39 Å². The van der Waals surface area contributed by atoms with E-state index in [0.29, 0.717) is 25.9 Å². The predicted molar refractivity (Wildman–Crippen MR) is 111 cm³/mol. The van der Waals surface area contributed by atoms with Crippen LogP contribution in [-0.4, -0.2) is 36.3 Å². The maximum absolute atomic E-state index is 13.9. The van der Waals surface area contributed by atoms with E-state index in [1.165, 1.54) is 23.3 Å². The quantitative estimate of drug-likeness (QED) is 0.760. The van der Waals surface area contributed by atoms with Crippen LogP contribution in [0.1, 0.15) is 47.2 Å². The van der Waals surface area contributed by atoms with Gasteiger partial charge in [-0.15, -0.1) is 0 Å². The molecule has 0 aliphatic carbocycles. The fourth-order valence-corrected chi connectivity index (χ4v) is 4.47. The van der Waals surface area contributed by atoms with Gasteiger partial charge in [-0.05, 0) is 62.8 Å². The number of halogens is 1. The van der Waals surface area contributed by atoms with Crippen molar-refractivity contribution in [2.45, 2.75) is 39.0 Å². The van der Waals surface area contributed by atoms with Gasteiger partial charge in [0.15, 0.2) is 0 Å². The summed E-state index contributed by atoms with van der Waals surface area (Å²) >= 11 is 0. The first-order valence-corrected chi connectivity index (χ1v) is 10.5. The number of amides is 2. The number of nitrogens with zero attached hydrogens (tertiary/aromatic N) is 2. The highest BCUT2D eigenvalue weighted by Crippen LogP contribution is 2.31. The van der Waals surface area contributed by atoms with Crippen LogP contribution in [0.2, 0.25) is 0 Å². The Kier molecular flexibility index (Phi) is 5.65. The van der Waals surface area contributed by atoms with Gasteiger partial charge in [0.05, 0.1) is 5.56 Å².